The van der Waals surface area contributed by atoms with Gasteiger partial charge < -0.3 is 9.47 Å². The molecule has 0 saturated heterocycles. The standard InChI is InChI=1S/C10H16O3/c1-4-5-7-13-8-6-9(2)10(11)12-3/h4-6H,7-8H2,1-3H3. The van der Waals surface area contributed by atoms with Crippen LogP contribution >= 0.6 is 0 Å². The van der Waals surface area contributed by atoms with Gasteiger partial charge in [-0.3, -0.25) is 0 Å². The van der Waals surface area contributed by atoms with E-state index >= 15 is 0 Å². The van der Waals surface area contributed by atoms with Crippen LogP contribution in [0.15, 0.2) is 23.8 Å². The number of esters is 1. The van der Waals surface area contributed by atoms with Gasteiger partial charge in [0, 0.05) is 5.57 Å². The van der Waals surface area contributed by atoms with Crippen LogP contribution < -0.4 is 0 Å². The summed E-state index contributed by atoms with van der Waals surface area (Å²) in [5.41, 5.74) is 0.572. The van der Waals surface area contributed by atoms with Gasteiger partial charge in [-0.2, -0.15) is 0 Å². The van der Waals surface area contributed by atoms with Crippen molar-refractivity contribution in [2.24, 2.45) is 0 Å². The Morgan fingerprint density at radius 2 is 2.08 bits per heavy atom. The van der Waals surface area contributed by atoms with Crippen molar-refractivity contribution in [3.05, 3.63) is 23.8 Å². The van der Waals surface area contributed by atoms with Crippen molar-refractivity contribution in [1.29, 1.82) is 0 Å². The summed E-state index contributed by atoms with van der Waals surface area (Å²) in [6, 6.07) is 0. The highest BCUT2D eigenvalue weighted by Crippen LogP contribution is 1.94. The lowest BCUT2D eigenvalue weighted by Gasteiger charge is -1.98. The molecule has 0 aliphatic rings. The first-order valence-electron chi connectivity index (χ1n) is 4.16. The van der Waals surface area contributed by atoms with Gasteiger partial charge in [-0.15, -0.1) is 0 Å². The minimum Gasteiger partial charge on any atom is -0.466 e. The highest BCUT2D eigenvalue weighted by Gasteiger charge is 2.00. The fraction of sp³-hybridized carbons (Fsp3) is 0.500. The lowest BCUT2D eigenvalue weighted by molar-refractivity contribution is -0.136. The Labute approximate surface area is 79.0 Å². The summed E-state index contributed by atoms with van der Waals surface area (Å²) in [7, 11) is 1.36. The van der Waals surface area contributed by atoms with Gasteiger partial charge in [0.05, 0.1) is 20.3 Å². The number of carbonyl (C=O) groups is 1. The number of hydrogen-bond acceptors (Lipinski definition) is 3. The van der Waals surface area contributed by atoms with E-state index in [4.69, 9.17) is 4.74 Å². The molecule has 0 bridgehead atoms. The maximum Gasteiger partial charge on any atom is 0.333 e. The van der Waals surface area contributed by atoms with Crippen molar-refractivity contribution in [1.82, 2.24) is 0 Å². The number of methoxy groups -OCH3 is 1. The second kappa shape index (κ2) is 7.55. The number of ether oxygens (including phenoxy) is 2. The molecule has 0 aliphatic heterocycles. The van der Waals surface area contributed by atoms with E-state index in [1.807, 2.05) is 19.1 Å². The first-order valence-corrected chi connectivity index (χ1v) is 4.16. The van der Waals surface area contributed by atoms with Gasteiger partial charge in [0.2, 0.25) is 0 Å². The van der Waals surface area contributed by atoms with Crippen molar-refractivity contribution in [2.75, 3.05) is 20.3 Å². The average molecular weight is 184 g/mol. The molecule has 0 aromatic carbocycles. The minimum absolute atomic E-state index is 0.311. The van der Waals surface area contributed by atoms with Crippen LogP contribution in [0.2, 0.25) is 0 Å². The van der Waals surface area contributed by atoms with Gasteiger partial charge in [-0.05, 0) is 19.9 Å². The van der Waals surface area contributed by atoms with Gasteiger partial charge in [0.25, 0.3) is 0 Å². The van der Waals surface area contributed by atoms with Crippen LogP contribution in [0.25, 0.3) is 0 Å². The molecule has 0 spiro atoms. The van der Waals surface area contributed by atoms with Crippen molar-refractivity contribution < 1.29 is 14.3 Å². The summed E-state index contributed by atoms with van der Waals surface area (Å²) in [6.07, 6.45) is 5.52. The maximum absolute atomic E-state index is 10.9. The summed E-state index contributed by atoms with van der Waals surface area (Å²) in [6.45, 7) is 4.64. The van der Waals surface area contributed by atoms with E-state index in [0.29, 0.717) is 18.8 Å². The molecule has 13 heavy (non-hydrogen) atoms. The lowest BCUT2D eigenvalue weighted by Crippen LogP contribution is -2.03. The molecule has 0 amide bonds. The largest absolute Gasteiger partial charge is 0.466 e. The zero-order chi connectivity index (χ0) is 10.1. The van der Waals surface area contributed by atoms with Crippen LogP contribution in [0, 0.1) is 0 Å². The number of allylic oxidation sites excluding steroid dienone is 1. The zero-order valence-electron chi connectivity index (χ0n) is 8.37. The quantitative estimate of drug-likeness (QED) is 0.282. The predicted octanol–water partition coefficient (Wildman–Crippen LogP) is 1.70. The summed E-state index contributed by atoms with van der Waals surface area (Å²) in [5.74, 6) is -0.311. The Kier molecular flexibility index (Phi) is 6.92. The summed E-state index contributed by atoms with van der Waals surface area (Å²) < 4.78 is 9.68. The monoisotopic (exact) mass is 184 g/mol. The molecule has 0 unspecified atom stereocenters. The molecule has 0 heterocycles. The van der Waals surface area contributed by atoms with Gasteiger partial charge in [-0.1, -0.05) is 12.2 Å². The van der Waals surface area contributed by atoms with Crippen molar-refractivity contribution >= 4 is 5.97 Å². The normalized spacial score (nSPS) is 12.1. The Balaban J connectivity index is 3.65. The van der Waals surface area contributed by atoms with Crippen molar-refractivity contribution in [2.45, 2.75) is 13.8 Å². The molecule has 0 aliphatic carbocycles. The molecule has 0 radical (unpaired) electrons. The van der Waals surface area contributed by atoms with Crippen LogP contribution in [0.4, 0.5) is 0 Å². The Bertz CT molecular complexity index is 204. The third-order valence-corrected chi connectivity index (χ3v) is 1.46. The van der Waals surface area contributed by atoms with Crippen molar-refractivity contribution in [3.8, 4) is 0 Å². The van der Waals surface area contributed by atoms with Gasteiger partial charge >= 0.3 is 5.97 Å². The van der Waals surface area contributed by atoms with Gasteiger partial charge in [0.1, 0.15) is 0 Å². The summed E-state index contributed by atoms with van der Waals surface area (Å²) in [5, 5.41) is 0. The van der Waals surface area contributed by atoms with E-state index in [0.717, 1.165) is 0 Å². The molecular formula is C10H16O3. The minimum atomic E-state index is -0.311. The second-order valence-electron chi connectivity index (χ2n) is 2.49. The Hall–Kier alpha value is -1.09. The number of carbonyl (C=O) groups excluding carboxylic acids is 1. The fourth-order valence-corrected chi connectivity index (χ4v) is 0.661. The average Bonchev–Trinajstić information content (AvgIpc) is 2.16. The second-order valence-corrected chi connectivity index (χ2v) is 2.49. The highest BCUT2D eigenvalue weighted by molar-refractivity contribution is 5.87. The SMILES string of the molecule is CC=CCOCC=C(C)C(=O)OC. The van der Waals surface area contributed by atoms with E-state index in [1.165, 1.54) is 7.11 Å². The van der Waals surface area contributed by atoms with E-state index in [2.05, 4.69) is 4.74 Å². The molecule has 0 rings (SSSR count). The first kappa shape index (κ1) is 11.9. The predicted molar refractivity (Wildman–Crippen MR) is 51.4 cm³/mol. The highest BCUT2D eigenvalue weighted by atomic mass is 16.5. The van der Waals surface area contributed by atoms with E-state index in [9.17, 15) is 4.79 Å². The number of hydrogen-bond donors (Lipinski definition) is 0. The van der Waals surface area contributed by atoms with Gasteiger partial charge in [0.15, 0.2) is 0 Å². The van der Waals surface area contributed by atoms with Crippen LogP contribution in [0.1, 0.15) is 13.8 Å². The molecule has 74 valence electrons. The molecule has 3 nitrogen and oxygen atoms in total. The molecule has 3 heteroatoms. The smallest absolute Gasteiger partial charge is 0.333 e. The Morgan fingerprint density at radius 1 is 1.38 bits per heavy atom. The van der Waals surface area contributed by atoms with E-state index < -0.39 is 0 Å². The molecule has 0 N–H and O–H groups in total. The summed E-state index contributed by atoms with van der Waals surface area (Å²) in [4.78, 5) is 10.9. The van der Waals surface area contributed by atoms with Crippen LogP contribution in [-0.4, -0.2) is 26.3 Å². The zero-order valence-corrected chi connectivity index (χ0v) is 8.37. The van der Waals surface area contributed by atoms with Crippen LogP contribution in [0.3, 0.4) is 0 Å². The molecular weight excluding hydrogens is 168 g/mol. The third kappa shape index (κ3) is 6.11. The first-order chi connectivity index (χ1) is 6.22. The third-order valence-electron chi connectivity index (χ3n) is 1.46. The van der Waals surface area contributed by atoms with Crippen molar-refractivity contribution in [3.63, 3.8) is 0 Å². The molecule has 0 saturated carbocycles. The topological polar surface area (TPSA) is 35.5 Å². The fourth-order valence-electron chi connectivity index (χ4n) is 0.661. The lowest BCUT2D eigenvalue weighted by atomic mass is 10.3. The Morgan fingerprint density at radius 3 is 2.62 bits per heavy atom. The molecule has 0 aromatic rings. The number of rotatable bonds is 5. The molecule has 0 atom stereocenters. The van der Waals surface area contributed by atoms with Gasteiger partial charge in [-0.25, -0.2) is 4.79 Å². The van der Waals surface area contributed by atoms with E-state index in [1.54, 1.807) is 13.0 Å². The van der Waals surface area contributed by atoms with E-state index in [-0.39, 0.29) is 5.97 Å². The summed E-state index contributed by atoms with van der Waals surface area (Å²) >= 11 is 0. The van der Waals surface area contributed by atoms with Crippen LogP contribution in [-0.2, 0) is 14.3 Å². The molecule has 0 aromatic heterocycles. The molecule has 0 fully saturated rings. The maximum atomic E-state index is 10.9. The van der Waals surface area contributed by atoms with Crippen LogP contribution in [0.5, 0.6) is 0 Å².